The third-order valence-electron chi connectivity index (χ3n) is 2.38. The summed E-state index contributed by atoms with van der Waals surface area (Å²) >= 11 is 0. The minimum Gasteiger partial charge on any atom is -0.490 e. The number of hydrogen-bond donors (Lipinski definition) is 0. The van der Waals surface area contributed by atoms with Crippen LogP contribution < -0.4 is 9.47 Å². The molecule has 2 rings (SSSR count). The van der Waals surface area contributed by atoms with Crippen LogP contribution >= 0.6 is 0 Å². The number of hydrogen-bond acceptors (Lipinski definition) is 2. The Labute approximate surface area is 107 Å². The smallest absolute Gasteiger partial charge is 0.127 e. The van der Waals surface area contributed by atoms with Gasteiger partial charge in [0, 0.05) is 0 Å². The van der Waals surface area contributed by atoms with Crippen molar-refractivity contribution in [2.75, 3.05) is 6.61 Å². The zero-order valence-corrected chi connectivity index (χ0v) is 10.4. The van der Waals surface area contributed by atoms with Gasteiger partial charge in [0.25, 0.3) is 0 Å². The van der Waals surface area contributed by atoms with E-state index in [9.17, 15) is 0 Å². The third-order valence-corrected chi connectivity index (χ3v) is 2.38. The van der Waals surface area contributed by atoms with Crippen LogP contribution in [0.5, 0.6) is 17.2 Å². The fourth-order valence-electron chi connectivity index (χ4n) is 1.47. The molecule has 0 heterocycles. The summed E-state index contributed by atoms with van der Waals surface area (Å²) in [7, 11) is 0. The van der Waals surface area contributed by atoms with E-state index in [2.05, 4.69) is 0 Å². The summed E-state index contributed by atoms with van der Waals surface area (Å²) < 4.78 is 11.2. The van der Waals surface area contributed by atoms with E-state index < -0.39 is 0 Å². The molecule has 2 nitrogen and oxygen atoms in total. The van der Waals surface area contributed by atoms with Crippen molar-refractivity contribution >= 4 is 0 Å². The van der Waals surface area contributed by atoms with Gasteiger partial charge in [0.1, 0.15) is 23.9 Å². The Balaban J connectivity index is 1.95. The molecule has 2 heteroatoms. The quantitative estimate of drug-likeness (QED) is 0.719. The number of rotatable bonds is 5. The minimum absolute atomic E-state index is 0.593. The van der Waals surface area contributed by atoms with Crippen molar-refractivity contribution in [3.05, 3.63) is 66.7 Å². The maximum absolute atomic E-state index is 5.69. The second kappa shape index (κ2) is 6.50. The molecule has 2 aromatic carbocycles. The molecule has 0 aromatic heterocycles. The summed E-state index contributed by atoms with van der Waals surface area (Å²) in [6.45, 7) is 2.57. The van der Waals surface area contributed by atoms with Crippen LogP contribution in [0.1, 0.15) is 6.92 Å². The highest BCUT2D eigenvalue weighted by molar-refractivity contribution is 5.35. The van der Waals surface area contributed by atoms with E-state index in [0.717, 1.165) is 17.2 Å². The predicted molar refractivity (Wildman–Crippen MR) is 73.3 cm³/mol. The predicted octanol–water partition coefficient (Wildman–Crippen LogP) is 4.43. The van der Waals surface area contributed by atoms with Crippen LogP contribution in [0.2, 0.25) is 0 Å². The molecule has 0 fully saturated rings. The molecule has 0 atom stereocenters. The van der Waals surface area contributed by atoms with Crippen molar-refractivity contribution in [2.24, 2.45) is 0 Å². The number of benzene rings is 2. The first-order chi connectivity index (χ1) is 8.88. The second-order valence-electron chi connectivity index (χ2n) is 3.77. The van der Waals surface area contributed by atoms with Gasteiger partial charge in [-0.25, -0.2) is 0 Å². The highest BCUT2D eigenvalue weighted by atomic mass is 16.5. The van der Waals surface area contributed by atoms with Crippen LogP contribution in [0, 0.1) is 0 Å². The standard InChI is InChI=1S/C16H16O2/c1-2-3-13-17-14-9-11-16(12-10-14)18-15-7-5-4-6-8-15/h2-12H,13H2,1H3/b3-2+. The molecule has 0 aliphatic rings. The molecule has 0 saturated carbocycles. The van der Waals surface area contributed by atoms with Gasteiger partial charge in [-0.3, -0.25) is 0 Å². The Bertz CT molecular complexity index is 486. The van der Waals surface area contributed by atoms with Gasteiger partial charge in [-0.2, -0.15) is 0 Å². The van der Waals surface area contributed by atoms with Crippen molar-refractivity contribution in [1.29, 1.82) is 0 Å². The lowest BCUT2D eigenvalue weighted by Crippen LogP contribution is -1.92. The van der Waals surface area contributed by atoms with E-state index in [1.165, 1.54) is 0 Å². The fourth-order valence-corrected chi connectivity index (χ4v) is 1.47. The Morgan fingerprint density at radius 2 is 1.44 bits per heavy atom. The minimum atomic E-state index is 0.593. The van der Waals surface area contributed by atoms with Crippen LogP contribution in [-0.4, -0.2) is 6.61 Å². The van der Waals surface area contributed by atoms with E-state index in [4.69, 9.17) is 9.47 Å². The molecular weight excluding hydrogens is 224 g/mol. The molecule has 18 heavy (non-hydrogen) atoms. The van der Waals surface area contributed by atoms with E-state index in [0.29, 0.717) is 6.61 Å². The maximum Gasteiger partial charge on any atom is 0.127 e. The molecule has 0 spiro atoms. The van der Waals surface area contributed by atoms with Crippen molar-refractivity contribution in [1.82, 2.24) is 0 Å². The van der Waals surface area contributed by atoms with Gasteiger partial charge in [0.05, 0.1) is 0 Å². The van der Waals surface area contributed by atoms with Gasteiger partial charge in [0.15, 0.2) is 0 Å². The molecule has 0 aliphatic carbocycles. The SMILES string of the molecule is C/C=C/COc1ccc(Oc2ccccc2)cc1. The van der Waals surface area contributed by atoms with Crippen molar-refractivity contribution in [3.8, 4) is 17.2 Å². The summed E-state index contributed by atoms with van der Waals surface area (Å²) in [5, 5.41) is 0. The molecule has 0 radical (unpaired) electrons. The van der Waals surface area contributed by atoms with Crippen LogP contribution in [0.4, 0.5) is 0 Å². The molecule has 0 aliphatic heterocycles. The van der Waals surface area contributed by atoms with Crippen LogP contribution in [0.15, 0.2) is 66.7 Å². The Kier molecular flexibility index (Phi) is 4.42. The monoisotopic (exact) mass is 240 g/mol. The first-order valence-electron chi connectivity index (χ1n) is 5.95. The van der Waals surface area contributed by atoms with Gasteiger partial charge in [-0.05, 0) is 43.3 Å². The largest absolute Gasteiger partial charge is 0.490 e. The summed E-state index contributed by atoms with van der Waals surface area (Å²) in [5.41, 5.74) is 0. The number of ether oxygens (including phenoxy) is 2. The van der Waals surface area contributed by atoms with E-state index >= 15 is 0 Å². The topological polar surface area (TPSA) is 18.5 Å². The van der Waals surface area contributed by atoms with Gasteiger partial charge in [-0.15, -0.1) is 0 Å². The molecule has 0 unspecified atom stereocenters. The lowest BCUT2D eigenvalue weighted by molar-refractivity contribution is 0.362. The average molecular weight is 240 g/mol. The fraction of sp³-hybridized carbons (Fsp3) is 0.125. The number of allylic oxidation sites excluding steroid dienone is 1. The lowest BCUT2D eigenvalue weighted by atomic mass is 10.3. The maximum atomic E-state index is 5.69. The van der Waals surface area contributed by atoms with Crippen LogP contribution in [0.3, 0.4) is 0 Å². The van der Waals surface area contributed by atoms with E-state index in [1.54, 1.807) is 0 Å². The Hall–Kier alpha value is -2.22. The Morgan fingerprint density at radius 3 is 2.11 bits per heavy atom. The molecular formula is C16H16O2. The van der Waals surface area contributed by atoms with Crippen LogP contribution in [0.25, 0.3) is 0 Å². The van der Waals surface area contributed by atoms with Crippen molar-refractivity contribution in [3.63, 3.8) is 0 Å². The van der Waals surface area contributed by atoms with Gasteiger partial charge in [-0.1, -0.05) is 30.4 Å². The van der Waals surface area contributed by atoms with E-state index in [-0.39, 0.29) is 0 Å². The summed E-state index contributed by atoms with van der Waals surface area (Å²) in [4.78, 5) is 0. The van der Waals surface area contributed by atoms with Crippen LogP contribution in [-0.2, 0) is 0 Å². The van der Waals surface area contributed by atoms with E-state index in [1.807, 2.05) is 73.7 Å². The van der Waals surface area contributed by atoms with Crippen molar-refractivity contribution in [2.45, 2.75) is 6.92 Å². The first kappa shape index (κ1) is 12.2. The highest BCUT2D eigenvalue weighted by Crippen LogP contribution is 2.23. The second-order valence-corrected chi connectivity index (χ2v) is 3.77. The molecule has 0 saturated heterocycles. The number of para-hydroxylation sites is 1. The first-order valence-corrected chi connectivity index (χ1v) is 5.95. The zero-order valence-electron chi connectivity index (χ0n) is 10.4. The lowest BCUT2D eigenvalue weighted by Gasteiger charge is -2.07. The molecule has 0 bridgehead atoms. The molecule has 0 N–H and O–H groups in total. The summed E-state index contributed by atoms with van der Waals surface area (Å²) in [6, 6.07) is 17.3. The molecule has 2 aromatic rings. The third kappa shape index (κ3) is 3.67. The summed E-state index contributed by atoms with van der Waals surface area (Å²) in [5.74, 6) is 2.48. The molecule has 0 amide bonds. The van der Waals surface area contributed by atoms with Gasteiger partial charge in [0.2, 0.25) is 0 Å². The van der Waals surface area contributed by atoms with Gasteiger partial charge < -0.3 is 9.47 Å². The Morgan fingerprint density at radius 1 is 0.833 bits per heavy atom. The average Bonchev–Trinajstić information content (AvgIpc) is 2.42. The molecule has 92 valence electrons. The van der Waals surface area contributed by atoms with Crippen molar-refractivity contribution < 1.29 is 9.47 Å². The normalized spacial score (nSPS) is 10.5. The van der Waals surface area contributed by atoms with Gasteiger partial charge >= 0.3 is 0 Å². The summed E-state index contributed by atoms with van der Waals surface area (Å²) in [6.07, 6.45) is 3.93. The highest BCUT2D eigenvalue weighted by Gasteiger charge is 1.97. The zero-order chi connectivity index (χ0) is 12.6.